The number of nitrogens with zero attached hydrogens (tertiary/aromatic N) is 2. The third-order valence-electron chi connectivity index (χ3n) is 4.20. The summed E-state index contributed by atoms with van der Waals surface area (Å²) in [6, 6.07) is 0.0712. The van der Waals surface area contributed by atoms with Gasteiger partial charge in [-0.2, -0.15) is 0 Å². The SMILES string of the molecule is CN1CCN(C(=O)CNC(=O)NC2CCCCC2)CC1. The number of hydrogen-bond donors (Lipinski definition) is 2. The number of carbonyl (C=O) groups excluding carboxylic acids is 2. The molecule has 2 fully saturated rings. The normalized spacial score (nSPS) is 21.6. The van der Waals surface area contributed by atoms with E-state index in [1.54, 1.807) is 0 Å². The zero-order chi connectivity index (χ0) is 14.4. The molecule has 6 heteroatoms. The lowest BCUT2D eigenvalue weighted by molar-refractivity contribution is -0.131. The molecular weight excluding hydrogens is 256 g/mol. The van der Waals surface area contributed by atoms with E-state index in [0.717, 1.165) is 39.0 Å². The molecule has 2 aliphatic rings. The third-order valence-corrected chi connectivity index (χ3v) is 4.20. The van der Waals surface area contributed by atoms with Crippen LogP contribution < -0.4 is 10.6 Å². The van der Waals surface area contributed by atoms with Gasteiger partial charge in [0.1, 0.15) is 0 Å². The van der Waals surface area contributed by atoms with Gasteiger partial charge >= 0.3 is 6.03 Å². The molecule has 0 aromatic carbocycles. The molecule has 1 saturated carbocycles. The minimum atomic E-state index is -0.209. The molecule has 1 heterocycles. The Labute approximate surface area is 120 Å². The van der Waals surface area contributed by atoms with E-state index in [0.29, 0.717) is 0 Å². The van der Waals surface area contributed by atoms with Gasteiger partial charge in [0.2, 0.25) is 5.91 Å². The van der Waals surface area contributed by atoms with Crippen molar-refractivity contribution in [1.29, 1.82) is 0 Å². The summed E-state index contributed by atoms with van der Waals surface area (Å²) in [5.74, 6) is 0.0110. The van der Waals surface area contributed by atoms with Crippen LogP contribution in [0.4, 0.5) is 4.79 Å². The largest absolute Gasteiger partial charge is 0.339 e. The van der Waals surface area contributed by atoms with E-state index in [2.05, 4.69) is 22.6 Å². The molecule has 114 valence electrons. The van der Waals surface area contributed by atoms with Gasteiger partial charge in [-0.3, -0.25) is 4.79 Å². The van der Waals surface area contributed by atoms with Crippen molar-refractivity contribution in [2.24, 2.45) is 0 Å². The van der Waals surface area contributed by atoms with Crippen LogP contribution in [-0.4, -0.2) is 67.6 Å². The fourth-order valence-corrected chi connectivity index (χ4v) is 2.81. The molecule has 3 amide bonds. The number of amides is 3. The Balaban J connectivity index is 1.63. The standard InChI is InChI=1S/C14H26N4O2/c1-17-7-9-18(10-8-17)13(19)11-15-14(20)16-12-5-3-2-4-6-12/h12H,2-11H2,1H3,(H2,15,16,20). The molecule has 2 rings (SSSR count). The summed E-state index contributed by atoms with van der Waals surface area (Å²) >= 11 is 0. The molecule has 20 heavy (non-hydrogen) atoms. The summed E-state index contributed by atoms with van der Waals surface area (Å²) in [6.45, 7) is 3.41. The highest BCUT2D eigenvalue weighted by Gasteiger charge is 2.20. The summed E-state index contributed by atoms with van der Waals surface area (Å²) in [6.07, 6.45) is 5.75. The topological polar surface area (TPSA) is 64.7 Å². The fourth-order valence-electron chi connectivity index (χ4n) is 2.81. The second-order valence-electron chi connectivity index (χ2n) is 5.85. The number of carbonyl (C=O) groups is 2. The fraction of sp³-hybridized carbons (Fsp3) is 0.857. The van der Waals surface area contributed by atoms with Crippen LogP contribution in [0, 0.1) is 0 Å². The molecule has 1 saturated heterocycles. The maximum atomic E-state index is 12.0. The van der Waals surface area contributed by atoms with Crippen LogP contribution in [-0.2, 0) is 4.79 Å². The lowest BCUT2D eigenvalue weighted by Gasteiger charge is -2.32. The predicted molar refractivity (Wildman–Crippen MR) is 77.5 cm³/mol. The Morgan fingerprint density at radius 3 is 2.35 bits per heavy atom. The third kappa shape index (κ3) is 4.67. The van der Waals surface area contributed by atoms with Crippen LogP contribution in [0.25, 0.3) is 0 Å². The van der Waals surface area contributed by atoms with E-state index in [1.165, 1.54) is 19.3 Å². The number of urea groups is 1. The molecule has 0 unspecified atom stereocenters. The van der Waals surface area contributed by atoms with Gasteiger partial charge in [-0.25, -0.2) is 4.79 Å². The van der Waals surface area contributed by atoms with Crippen molar-refractivity contribution in [2.75, 3.05) is 39.8 Å². The molecule has 1 aliphatic carbocycles. The zero-order valence-corrected chi connectivity index (χ0v) is 12.4. The molecule has 0 spiro atoms. The average molecular weight is 282 g/mol. The van der Waals surface area contributed by atoms with Crippen molar-refractivity contribution in [1.82, 2.24) is 20.4 Å². The minimum Gasteiger partial charge on any atom is -0.339 e. The Morgan fingerprint density at radius 2 is 1.70 bits per heavy atom. The first-order chi connectivity index (χ1) is 9.65. The first-order valence-corrected chi connectivity index (χ1v) is 7.66. The molecule has 0 radical (unpaired) electrons. The van der Waals surface area contributed by atoms with Crippen LogP contribution in [0.15, 0.2) is 0 Å². The molecule has 1 aliphatic heterocycles. The summed E-state index contributed by atoms with van der Waals surface area (Å²) in [7, 11) is 2.05. The van der Waals surface area contributed by atoms with E-state index in [1.807, 2.05) is 4.90 Å². The van der Waals surface area contributed by atoms with E-state index < -0.39 is 0 Å². The number of piperazine rings is 1. The van der Waals surface area contributed by atoms with E-state index in [4.69, 9.17) is 0 Å². The number of hydrogen-bond acceptors (Lipinski definition) is 3. The highest BCUT2D eigenvalue weighted by Crippen LogP contribution is 2.17. The second-order valence-corrected chi connectivity index (χ2v) is 5.85. The number of nitrogens with one attached hydrogen (secondary N) is 2. The van der Waals surface area contributed by atoms with Gasteiger partial charge in [-0.1, -0.05) is 19.3 Å². The second kappa shape index (κ2) is 7.47. The zero-order valence-electron chi connectivity index (χ0n) is 12.4. The van der Waals surface area contributed by atoms with Gasteiger partial charge in [-0.05, 0) is 19.9 Å². The van der Waals surface area contributed by atoms with Gasteiger partial charge in [0.15, 0.2) is 0 Å². The van der Waals surface area contributed by atoms with Crippen LogP contribution in [0.5, 0.6) is 0 Å². The van der Waals surface area contributed by atoms with Crippen molar-refractivity contribution in [3.63, 3.8) is 0 Å². The smallest absolute Gasteiger partial charge is 0.315 e. The molecule has 0 aromatic heterocycles. The van der Waals surface area contributed by atoms with E-state index >= 15 is 0 Å². The van der Waals surface area contributed by atoms with Gasteiger partial charge in [0.25, 0.3) is 0 Å². The summed E-state index contributed by atoms with van der Waals surface area (Å²) < 4.78 is 0. The lowest BCUT2D eigenvalue weighted by Crippen LogP contribution is -2.51. The van der Waals surface area contributed by atoms with Crippen molar-refractivity contribution in [2.45, 2.75) is 38.1 Å². The molecule has 0 atom stereocenters. The van der Waals surface area contributed by atoms with Crippen LogP contribution in [0.1, 0.15) is 32.1 Å². The first-order valence-electron chi connectivity index (χ1n) is 7.66. The Kier molecular flexibility index (Phi) is 5.64. The van der Waals surface area contributed by atoms with Gasteiger partial charge in [-0.15, -0.1) is 0 Å². The van der Waals surface area contributed by atoms with Crippen molar-refractivity contribution < 1.29 is 9.59 Å². The Morgan fingerprint density at radius 1 is 1.05 bits per heavy atom. The van der Waals surface area contributed by atoms with Gasteiger partial charge in [0, 0.05) is 32.2 Å². The Bertz CT molecular complexity index is 334. The maximum Gasteiger partial charge on any atom is 0.315 e. The van der Waals surface area contributed by atoms with E-state index in [9.17, 15) is 9.59 Å². The van der Waals surface area contributed by atoms with Crippen molar-refractivity contribution >= 4 is 11.9 Å². The predicted octanol–water partition coefficient (Wildman–Crippen LogP) is 0.392. The quantitative estimate of drug-likeness (QED) is 0.787. The maximum absolute atomic E-state index is 12.0. The molecule has 0 aromatic rings. The van der Waals surface area contributed by atoms with Gasteiger partial charge in [0.05, 0.1) is 6.54 Å². The Hall–Kier alpha value is -1.30. The summed E-state index contributed by atoms with van der Waals surface area (Å²) in [5.41, 5.74) is 0. The van der Waals surface area contributed by atoms with Gasteiger partial charge < -0.3 is 20.4 Å². The first kappa shape index (κ1) is 15.1. The highest BCUT2D eigenvalue weighted by atomic mass is 16.2. The lowest BCUT2D eigenvalue weighted by atomic mass is 9.96. The number of likely N-dealkylation sites (N-methyl/N-ethyl adjacent to an activating group) is 1. The van der Waals surface area contributed by atoms with Crippen LogP contribution in [0.3, 0.4) is 0 Å². The monoisotopic (exact) mass is 282 g/mol. The van der Waals surface area contributed by atoms with E-state index in [-0.39, 0.29) is 24.5 Å². The summed E-state index contributed by atoms with van der Waals surface area (Å²) in [5, 5.41) is 5.64. The van der Waals surface area contributed by atoms with Crippen molar-refractivity contribution in [3.05, 3.63) is 0 Å². The highest BCUT2D eigenvalue weighted by molar-refractivity contribution is 5.84. The molecule has 6 nitrogen and oxygen atoms in total. The van der Waals surface area contributed by atoms with Crippen molar-refractivity contribution in [3.8, 4) is 0 Å². The molecule has 0 bridgehead atoms. The number of rotatable bonds is 3. The molecular formula is C14H26N4O2. The minimum absolute atomic E-state index is 0.0110. The summed E-state index contributed by atoms with van der Waals surface area (Å²) in [4.78, 5) is 27.7. The average Bonchev–Trinajstić information content (AvgIpc) is 2.46. The van der Waals surface area contributed by atoms with Crippen LogP contribution >= 0.6 is 0 Å². The van der Waals surface area contributed by atoms with Crippen LogP contribution in [0.2, 0.25) is 0 Å². The molecule has 2 N–H and O–H groups in total.